The third kappa shape index (κ3) is 4.87. The van der Waals surface area contributed by atoms with Gasteiger partial charge in [0.1, 0.15) is 0 Å². The van der Waals surface area contributed by atoms with E-state index < -0.39 is 23.3 Å². The van der Waals surface area contributed by atoms with Crippen molar-refractivity contribution in [1.82, 2.24) is 0 Å². The van der Waals surface area contributed by atoms with E-state index in [1.807, 2.05) is 6.08 Å². The summed E-state index contributed by atoms with van der Waals surface area (Å²) < 4.78 is 62.8. The number of benzene rings is 3. The van der Waals surface area contributed by atoms with E-state index in [9.17, 15) is 17.6 Å². The molecular formula is C28H26F4O2. The predicted molar refractivity (Wildman–Crippen MR) is 124 cm³/mol. The molecule has 0 aromatic heterocycles. The quantitative estimate of drug-likeness (QED) is 0.381. The van der Waals surface area contributed by atoms with E-state index in [-0.39, 0.29) is 35.3 Å². The molecule has 34 heavy (non-hydrogen) atoms. The molecule has 0 amide bonds. The van der Waals surface area contributed by atoms with Gasteiger partial charge in [-0.25, -0.2) is 13.2 Å². The lowest BCUT2D eigenvalue weighted by molar-refractivity contribution is 0.282. The summed E-state index contributed by atoms with van der Waals surface area (Å²) in [4.78, 5) is 0. The van der Waals surface area contributed by atoms with Crippen LogP contribution in [0.25, 0.3) is 17.2 Å². The van der Waals surface area contributed by atoms with Crippen molar-refractivity contribution < 1.29 is 27.4 Å². The Bertz CT molecular complexity index is 1180. The molecule has 0 heterocycles. The zero-order valence-electron chi connectivity index (χ0n) is 18.8. The largest absolute Gasteiger partial charge is 0.494 e. The average molecular weight is 471 g/mol. The average Bonchev–Trinajstić information content (AvgIpc) is 2.87. The molecular weight excluding hydrogens is 444 g/mol. The van der Waals surface area contributed by atoms with E-state index in [4.69, 9.17) is 9.84 Å². The van der Waals surface area contributed by atoms with E-state index in [2.05, 4.69) is 0 Å². The highest BCUT2D eigenvalue weighted by Crippen LogP contribution is 2.39. The number of methoxy groups -OCH3 is 1. The van der Waals surface area contributed by atoms with Crippen LogP contribution >= 0.6 is 0 Å². The molecule has 0 radical (unpaired) electrons. The maximum absolute atomic E-state index is 14.7. The highest BCUT2D eigenvalue weighted by Gasteiger charge is 2.26. The van der Waals surface area contributed by atoms with Crippen LogP contribution in [0.5, 0.6) is 5.75 Å². The van der Waals surface area contributed by atoms with Crippen molar-refractivity contribution >= 4 is 6.08 Å². The molecule has 0 spiro atoms. The van der Waals surface area contributed by atoms with Gasteiger partial charge < -0.3 is 9.84 Å². The van der Waals surface area contributed by atoms with Gasteiger partial charge in [-0.2, -0.15) is 4.39 Å². The molecule has 2 nitrogen and oxygen atoms in total. The Morgan fingerprint density at radius 1 is 0.824 bits per heavy atom. The Hall–Kier alpha value is -3.12. The predicted octanol–water partition coefficient (Wildman–Crippen LogP) is 7.40. The molecule has 6 heteroatoms. The van der Waals surface area contributed by atoms with Gasteiger partial charge in [-0.15, -0.1) is 0 Å². The second kappa shape index (κ2) is 10.4. The lowest BCUT2D eigenvalue weighted by Gasteiger charge is -2.27. The molecule has 178 valence electrons. The molecule has 1 aliphatic carbocycles. The first-order valence-corrected chi connectivity index (χ1v) is 11.3. The first-order chi connectivity index (χ1) is 16.4. The number of rotatable bonds is 6. The third-order valence-electron chi connectivity index (χ3n) is 6.62. The Labute approximate surface area is 196 Å². The number of aliphatic hydroxyl groups excluding tert-OH is 1. The Morgan fingerprint density at radius 2 is 1.53 bits per heavy atom. The van der Waals surface area contributed by atoms with Crippen LogP contribution in [0, 0.1) is 29.2 Å². The standard InChI is InChI=1S/C28H26F4O2/c1-34-24-15-14-23(27(31)28(24)32)19-7-2-17(3-8-19)4-11-21-12-13-22(26(30)25(21)29)20-9-5-18(16-33)6-10-20/h4-6,9-15,17,19,33H,2-3,7-8,16H2,1H3. The van der Waals surface area contributed by atoms with E-state index in [0.717, 1.165) is 12.8 Å². The molecule has 0 saturated heterocycles. The third-order valence-corrected chi connectivity index (χ3v) is 6.62. The minimum absolute atomic E-state index is 0.0873. The summed E-state index contributed by atoms with van der Waals surface area (Å²) in [6.45, 7) is -0.116. The number of hydrogen-bond acceptors (Lipinski definition) is 2. The maximum Gasteiger partial charge on any atom is 0.200 e. The smallest absolute Gasteiger partial charge is 0.200 e. The number of hydrogen-bond donors (Lipinski definition) is 1. The molecule has 3 aromatic rings. The fourth-order valence-electron chi connectivity index (χ4n) is 4.59. The summed E-state index contributed by atoms with van der Waals surface area (Å²) in [5.74, 6) is -3.70. The van der Waals surface area contributed by atoms with E-state index in [1.54, 1.807) is 48.5 Å². The van der Waals surface area contributed by atoms with Gasteiger partial charge in [0.15, 0.2) is 23.2 Å². The minimum Gasteiger partial charge on any atom is -0.494 e. The van der Waals surface area contributed by atoms with E-state index in [1.165, 1.54) is 13.2 Å². The van der Waals surface area contributed by atoms with Gasteiger partial charge in [0.25, 0.3) is 0 Å². The topological polar surface area (TPSA) is 29.5 Å². The summed E-state index contributed by atoms with van der Waals surface area (Å²) in [5, 5.41) is 9.14. The van der Waals surface area contributed by atoms with Crippen molar-refractivity contribution in [1.29, 1.82) is 0 Å². The van der Waals surface area contributed by atoms with Gasteiger partial charge in [0.2, 0.25) is 5.82 Å². The van der Waals surface area contributed by atoms with Crippen molar-refractivity contribution in [3.8, 4) is 16.9 Å². The first-order valence-electron chi connectivity index (χ1n) is 11.3. The lowest BCUT2D eigenvalue weighted by Crippen LogP contribution is -2.13. The molecule has 0 bridgehead atoms. The summed E-state index contributed by atoms with van der Waals surface area (Å²) in [7, 11) is 1.30. The second-order valence-corrected chi connectivity index (χ2v) is 8.64. The van der Waals surface area contributed by atoms with Crippen LogP contribution in [0.2, 0.25) is 0 Å². The molecule has 0 aliphatic heterocycles. The molecule has 0 atom stereocenters. The minimum atomic E-state index is -0.965. The van der Waals surface area contributed by atoms with E-state index in [0.29, 0.717) is 29.5 Å². The highest BCUT2D eigenvalue weighted by molar-refractivity contribution is 5.67. The fraction of sp³-hybridized carbons (Fsp3) is 0.286. The zero-order chi connectivity index (χ0) is 24.2. The van der Waals surface area contributed by atoms with Crippen molar-refractivity contribution in [3.63, 3.8) is 0 Å². The van der Waals surface area contributed by atoms with Crippen LogP contribution < -0.4 is 4.74 Å². The molecule has 3 aromatic carbocycles. The first kappa shape index (κ1) is 24.0. The molecule has 4 rings (SSSR count). The Balaban J connectivity index is 1.43. The Kier molecular flexibility index (Phi) is 7.37. The summed E-state index contributed by atoms with van der Waals surface area (Å²) >= 11 is 0. The van der Waals surface area contributed by atoms with Crippen LogP contribution in [0.3, 0.4) is 0 Å². The van der Waals surface area contributed by atoms with E-state index >= 15 is 0 Å². The van der Waals surface area contributed by atoms with Gasteiger partial charge in [0, 0.05) is 11.1 Å². The normalized spacial score (nSPS) is 18.4. The monoisotopic (exact) mass is 470 g/mol. The number of aliphatic hydroxyl groups is 1. The van der Waals surface area contributed by atoms with Crippen LogP contribution in [0.4, 0.5) is 17.6 Å². The van der Waals surface area contributed by atoms with Gasteiger partial charge in [-0.3, -0.25) is 0 Å². The fourth-order valence-corrected chi connectivity index (χ4v) is 4.59. The number of allylic oxidation sites excluding steroid dienone is 1. The summed E-state index contributed by atoms with van der Waals surface area (Å²) in [6, 6.07) is 12.8. The van der Waals surface area contributed by atoms with Crippen molar-refractivity contribution in [2.75, 3.05) is 7.11 Å². The molecule has 1 fully saturated rings. The van der Waals surface area contributed by atoms with Crippen LogP contribution in [-0.2, 0) is 6.61 Å². The SMILES string of the molecule is COc1ccc(C2CCC(C=Cc3ccc(-c4ccc(CO)cc4)c(F)c3F)CC2)c(F)c1F. The zero-order valence-corrected chi connectivity index (χ0v) is 18.8. The molecule has 1 N–H and O–H groups in total. The lowest BCUT2D eigenvalue weighted by atomic mass is 9.78. The van der Waals surface area contributed by atoms with Crippen LogP contribution in [-0.4, -0.2) is 12.2 Å². The second-order valence-electron chi connectivity index (χ2n) is 8.64. The van der Waals surface area contributed by atoms with Gasteiger partial charge in [-0.1, -0.05) is 54.6 Å². The van der Waals surface area contributed by atoms with Gasteiger partial charge in [-0.05, 0) is 60.3 Å². The Morgan fingerprint density at radius 3 is 2.18 bits per heavy atom. The molecule has 1 aliphatic rings. The maximum atomic E-state index is 14.7. The molecule has 1 saturated carbocycles. The van der Waals surface area contributed by atoms with Crippen LogP contribution in [0.15, 0.2) is 54.6 Å². The summed E-state index contributed by atoms with van der Waals surface area (Å²) in [6.07, 6.45) is 6.31. The molecule has 0 unspecified atom stereocenters. The number of halogens is 4. The van der Waals surface area contributed by atoms with Gasteiger partial charge >= 0.3 is 0 Å². The van der Waals surface area contributed by atoms with Gasteiger partial charge in [0.05, 0.1) is 13.7 Å². The van der Waals surface area contributed by atoms with Crippen molar-refractivity contribution in [2.24, 2.45) is 5.92 Å². The van der Waals surface area contributed by atoms with Crippen molar-refractivity contribution in [3.05, 3.63) is 94.6 Å². The van der Waals surface area contributed by atoms with Crippen molar-refractivity contribution in [2.45, 2.75) is 38.2 Å². The summed E-state index contributed by atoms with van der Waals surface area (Å²) in [5.41, 5.74) is 1.91. The van der Waals surface area contributed by atoms with Crippen LogP contribution in [0.1, 0.15) is 48.3 Å². The number of ether oxygens (including phenoxy) is 1. The highest BCUT2D eigenvalue weighted by atomic mass is 19.2.